The number of benzene rings is 1. The first-order valence-electron chi connectivity index (χ1n) is 5.84. The molecule has 2 N–H and O–H groups in total. The summed E-state index contributed by atoms with van der Waals surface area (Å²) in [6, 6.07) is 10.2. The van der Waals surface area contributed by atoms with E-state index in [2.05, 4.69) is 23.3 Å². The van der Waals surface area contributed by atoms with Crippen LogP contribution in [0.15, 0.2) is 30.3 Å². The fraction of sp³-hybridized carbons (Fsp3) is 0.231. The zero-order valence-electron chi connectivity index (χ0n) is 10.1. The van der Waals surface area contributed by atoms with Gasteiger partial charge >= 0.3 is 0 Å². The molecule has 4 nitrogen and oxygen atoms in total. The summed E-state index contributed by atoms with van der Waals surface area (Å²) < 4.78 is 1.94. The molecule has 0 spiro atoms. The Hall–Kier alpha value is -1.72. The maximum absolute atomic E-state index is 5.67. The third-order valence-corrected chi connectivity index (χ3v) is 4.13. The normalized spacial score (nSPS) is 11.2. The Morgan fingerprint density at radius 3 is 2.94 bits per heavy atom. The molecule has 0 saturated carbocycles. The maximum atomic E-state index is 5.67. The van der Waals surface area contributed by atoms with Gasteiger partial charge in [0.15, 0.2) is 0 Å². The van der Waals surface area contributed by atoms with E-state index in [0.717, 1.165) is 17.6 Å². The molecule has 0 fully saturated rings. The molecule has 0 amide bonds. The highest BCUT2D eigenvalue weighted by atomic mass is 32.1. The van der Waals surface area contributed by atoms with Crippen molar-refractivity contribution in [2.45, 2.75) is 20.0 Å². The summed E-state index contributed by atoms with van der Waals surface area (Å²) in [6.45, 7) is 3.48. The number of nitrogens with two attached hydrogens (primary N) is 1. The minimum Gasteiger partial charge on any atom is -0.326 e. The van der Waals surface area contributed by atoms with Crippen LogP contribution in [-0.4, -0.2) is 15.0 Å². The molecular weight excluding hydrogens is 244 g/mol. The van der Waals surface area contributed by atoms with Gasteiger partial charge in [-0.15, -0.1) is 16.4 Å². The second kappa shape index (κ2) is 4.51. The standard InChI is InChI=1S/C13H14N4S/c1-9-10(6-11(7-14)18-9)8-17-13-5-3-2-4-12(13)15-16-17/h2-6H,7-8,14H2,1H3. The van der Waals surface area contributed by atoms with Crippen LogP contribution in [0.4, 0.5) is 0 Å². The van der Waals surface area contributed by atoms with Gasteiger partial charge in [-0.1, -0.05) is 17.3 Å². The zero-order valence-corrected chi connectivity index (χ0v) is 10.9. The molecule has 2 heterocycles. The van der Waals surface area contributed by atoms with Crippen LogP contribution in [0.3, 0.4) is 0 Å². The molecule has 18 heavy (non-hydrogen) atoms. The number of aromatic nitrogens is 3. The lowest BCUT2D eigenvalue weighted by molar-refractivity contribution is 0.669. The predicted molar refractivity (Wildman–Crippen MR) is 73.6 cm³/mol. The highest BCUT2D eigenvalue weighted by Gasteiger charge is 2.08. The van der Waals surface area contributed by atoms with E-state index in [1.807, 2.05) is 28.9 Å². The Bertz CT molecular complexity index is 683. The quantitative estimate of drug-likeness (QED) is 0.784. The van der Waals surface area contributed by atoms with Crippen LogP contribution in [0.1, 0.15) is 15.3 Å². The summed E-state index contributed by atoms with van der Waals surface area (Å²) in [4.78, 5) is 2.52. The van der Waals surface area contributed by atoms with Crippen molar-refractivity contribution in [1.82, 2.24) is 15.0 Å². The molecule has 0 saturated heterocycles. The van der Waals surface area contributed by atoms with Gasteiger partial charge in [0.05, 0.1) is 12.1 Å². The molecule has 1 aromatic carbocycles. The van der Waals surface area contributed by atoms with Gasteiger partial charge in [0.25, 0.3) is 0 Å². The Balaban J connectivity index is 1.98. The number of rotatable bonds is 3. The van der Waals surface area contributed by atoms with Crippen molar-refractivity contribution in [3.8, 4) is 0 Å². The molecule has 0 unspecified atom stereocenters. The van der Waals surface area contributed by atoms with Crippen molar-refractivity contribution in [3.63, 3.8) is 0 Å². The molecule has 0 aliphatic heterocycles. The van der Waals surface area contributed by atoms with Gasteiger partial charge in [-0.3, -0.25) is 0 Å². The van der Waals surface area contributed by atoms with Crippen molar-refractivity contribution >= 4 is 22.4 Å². The van der Waals surface area contributed by atoms with E-state index in [9.17, 15) is 0 Å². The molecule has 3 aromatic rings. The second-order valence-electron chi connectivity index (χ2n) is 4.23. The van der Waals surface area contributed by atoms with Gasteiger partial charge in [-0.05, 0) is 30.7 Å². The van der Waals surface area contributed by atoms with Gasteiger partial charge in [0.2, 0.25) is 0 Å². The third kappa shape index (κ3) is 1.91. The summed E-state index contributed by atoms with van der Waals surface area (Å²) in [7, 11) is 0. The Kier molecular flexibility index (Phi) is 2.85. The lowest BCUT2D eigenvalue weighted by atomic mass is 10.2. The SMILES string of the molecule is Cc1sc(CN)cc1Cn1nnc2ccccc21. The predicted octanol–water partition coefficient (Wildman–Crippen LogP) is 2.31. The fourth-order valence-corrected chi connectivity index (χ4v) is 2.97. The molecule has 2 aromatic heterocycles. The van der Waals surface area contributed by atoms with Crippen molar-refractivity contribution in [2.75, 3.05) is 0 Å². The summed E-state index contributed by atoms with van der Waals surface area (Å²) in [5.41, 5.74) is 8.95. The smallest absolute Gasteiger partial charge is 0.113 e. The Morgan fingerprint density at radius 2 is 2.17 bits per heavy atom. The monoisotopic (exact) mass is 258 g/mol. The second-order valence-corrected chi connectivity index (χ2v) is 5.57. The lowest BCUT2D eigenvalue weighted by Crippen LogP contribution is -2.02. The van der Waals surface area contributed by atoms with Gasteiger partial charge in [0, 0.05) is 16.3 Å². The van der Waals surface area contributed by atoms with Crippen LogP contribution in [0.2, 0.25) is 0 Å². The van der Waals surface area contributed by atoms with Gasteiger partial charge in [-0.2, -0.15) is 0 Å². The Labute approximate surface area is 109 Å². The number of hydrogen-bond acceptors (Lipinski definition) is 4. The zero-order chi connectivity index (χ0) is 12.5. The third-order valence-electron chi connectivity index (χ3n) is 3.01. The number of aryl methyl sites for hydroxylation is 1. The van der Waals surface area contributed by atoms with E-state index in [0.29, 0.717) is 6.54 Å². The number of para-hydroxylation sites is 1. The first kappa shape index (κ1) is 11.4. The van der Waals surface area contributed by atoms with Crippen LogP contribution >= 0.6 is 11.3 Å². The van der Waals surface area contributed by atoms with Gasteiger partial charge in [-0.25, -0.2) is 4.68 Å². The number of nitrogens with zero attached hydrogens (tertiary/aromatic N) is 3. The fourth-order valence-electron chi connectivity index (χ4n) is 2.04. The number of thiophene rings is 1. The van der Waals surface area contributed by atoms with Crippen LogP contribution in [0.5, 0.6) is 0 Å². The van der Waals surface area contributed by atoms with Crippen molar-refractivity contribution in [3.05, 3.63) is 45.6 Å². The van der Waals surface area contributed by atoms with Gasteiger partial charge in [0.1, 0.15) is 5.52 Å². The molecule has 0 atom stereocenters. The highest BCUT2D eigenvalue weighted by Crippen LogP contribution is 2.22. The van der Waals surface area contributed by atoms with Gasteiger partial charge < -0.3 is 5.73 Å². The first-order valence-corrected chi connectivity index (χ1v) is 6.66. The molecule has 0 bridgehead atoms. The summed E-state index contributed by atoms with van der Waals surface area (Å²) in [6.07, 6.45) is 0. The van der Waals surface area contributed by atoms with Crippen LogP contribution in [-0.2, 0) is 13.1 Å². The minimum absolute atomic E-state index is 0.601. The topological polar surface area (TPSA) is 56.7 Å². The van der Waals surface area contributed by atoms with Crippen molar-refractivity contribution in [2.24, 2.45) is 5.73 Å². The van der Waals surface area contributed by atoms with E-state index in [1.165, 1.54) is 15.3 Å². The molecule has 3 rings (SSSR count). The molecule has 92 valence electrons. The highest BCUT2D eigenvalue weighted by molar-refractivity contribution is 7.12. The van der Waals surface area contributed by atoms with E-state index in [-0.39, 0.29) is 0 Å². The summed E-state index contributed by atoms with van der Waals surface area (Å²) in [5.74, 6) is 0. The summed E-state index contributed by atoms with van der Waals surface area (Å²) in [5, 5.41) is 8.37. The van der Waals surface area contributed by atoms with Crippen molar-refractivity contribution in [1.29, 1.82) is 0 Å². The first-order chi connectivity index (χ1) is 8.78. The van der Waals surface area contributed by atoms with E-state index >= 15 is 0 Å². The van der Waals surface area contributed by atoms with E-state index in [4.69, 9.17) is 5.73 Å². The maximum Gasteiger partial charge on any atom is 0.113 e. The molecule has 5 heteroatoms. The minimum atomic E-state index is 0.601. The molecule has 0 aliphatic carbocycles. The molecular formula is C13H14N4S. The average Bonchev–Trinajstić information content (AvgIpc) is 2.95. The molecule has 0 radical (unpaired) electrons. The van der Waals surface area contributed by atoms with Crippen LogP contribution in [0, 0.1) is 6.92 Å². The van der Waals surface area contributed by atoms with E-state index in [1.54, 1.807) is 11.3 Å². The molecule has 0 aliphatic rings. The van der Waals surface area contributed by atoms with E-state index < -0.39 is 0 Å². The van der Waals surface area contributed by atoms with Crippen LogP contribution < -0.4 is 5.73 Å². The number of fused-ring (bicyclic) bond motifs is 1. The largest absolute Gasteiger partial charge is 0.326 e. The summed E-state index contributed by atoms with van der Waals surface area (Å²) >= 11 is 1.76. The van der Waals surface area contributed by atoms with Crippen LogP contribution in [0.25, 0.3) is 11.0 Å². The number of hydrogen-bond donors (Lipinski definition) is 1. The lowest BCUT2D eigenvalue weighted by Gasteiger charge is -2.01. The average molecular weight is 258 g/mol. The Morgan fingerprint density at radius 1 is 1.33 bits per heavy atom. The van der Waals surface area contributed by atoms with Crippen molar-refractivity contribution < 1.29 is 0 Å².